The third kappa shape index (κ3) is 3.28. The molecule has 2 rings (SSSR count). The van der Waals surface area contributed by atoms with Gasteiger partial charge in [0.05, 0.1) is 14.2 Å². The van der Waals surface area contributed by atoms with Crippen LogP contribution < -0.4 is 9.47 Å². The summed E-state index contributed by atoms with van der Waals surface area (Å²) in [5.74, 6) is 1.02. The summed E-state index contributed by atoms with van der Waals surface area (Å²) in [5, 5.41) is 0. The monoisotopic (exact) mass is 258 g/mol. The van der Waals surface area contributed by atoms with E-state index < -0.39 is 0 Å². The first kappa shape index (κ1) is 13.0. The molecule has 1 aromatic heterocycles. The highest BCUT2D eigenvalue weighted by Gasteiger charge is 2.10. The van der Waals surface area contributed by atoms with E-state index in [9.17, 15) is 4.79 Å². The molecule has 98 valence electrons. The Balaban J connectivity index is 2.15. The molecule has 0 N–H and O–H groups in total. The average molecular weight is 258 g/mol. The van der Waals surface area contributed by atoms with E-state index in [0.717, 1.165) is 11.3 Å². The van der Waals surface area contributed by atoms with Crippen LogP contribution in [-0.2, 0) is 6.42 Å². The highest BCUT2D eigenvalue weighted by Crippen LogP contribution is 2.15. The number of benzene rings is 1. The lowest BCUT2D eigenvalue weighted by atomic mass is 10.1. The van der Waals surface area contributed by atoms with Gasteiger partial charge in [0.15, 0.2) is 5.78 Å². The van der Waals surface area contributed by atoms with Crippen LogP contribution in [0.5, 0.6) is 11.6 Å². The average Bonchev–Trinajstić information content (AvgIpc) is 2.47. The van der Waals surface area contributed by atoms with Crippen LogP contribution in [0, 0.1) is 0 Å². The molecule has 0 radical (unpaired) electrons. The lowest BCUT2D eigenvalue weighted by Crippen LogP contribution is -2.07. The Morgan fingerprint density at radius 2 is 2.00 bits per heavy atom. The molecule has 0 aliphatic heterocycles. The second-order valence-electron chi connectivity index (χ2n) is 3.90. The largest absolute Gasteiger partial charge is 0.497 e. The minimum Gasteiger partial charge on any atom is -0.497 e. The molecule has 0 atom stereocenters. The first-order valence-corrected chi connectivity index (χ1v) is 5.75. The first-order chi connectivity index (χ1) is 9.22. The maximum Gasteiger partial charge on any atom is 0.216 e. The number of hydrogen-bond acceptors (Lipinski definition) is 5. The van der Waals surface area contributed by atoms with Crippen molar-refractivity contribution in [3.63, 3.8) is 0 Å². The summed E-state index contributed by atoms with van der Waals surface area (Å²) in [6, 6.07) is 8.92. The van der Waals surface area contributed by atoms with Gasteiger partial charge in [0, 0.05) is 12.5 Å². The second-order valence-corrected chi connectivity index (χ2v) is 3.90. The molecule has 0 saturated heterocycles. The molecule has 0 spiro atoms. The number of Topliss-reactive ketones (excluding diaryl/α,β-unsaturated/α-hetero) is 1. The summed E-state index contributed by atoms with van der Waals surface area (Å²) in [6.45, 7) is 0. The Morgan fingerprint density at radius 3 is 2.74 bits per heavy atom. The smallest absolute Gasteiger partial charge is 0.216 e. The zero-order valence-electron chi connectivity index (χ0n) is 10.8. The van der Waals surface area contributed by atoms with Gasteiger partial charge in [-0.2, -0.15) is 0 Å². The summed E-state index contributed by atoms with van der Waals surface area (Å²) in [7, 11) is 3.09. The van der Waals surface area contributed by atoms with E-state index in [1.165, 1.54) is 19.5 Å². The van der Waals surface area contributed by atoms with Crippen LogP contribution in [0.2, 0.25) is 0 Å². The third-order valence-corrected chi connectivity index (χ3v) is 2.64. The lowest BCUT2D eigenvalue weighted by Gasteiger charge is -2.04. The molecule has 1 aromatic carbocycles. The summed E-state index contributed by atoms with van der Waals surface area (Å²) >= 11 is 0. The highest BCUT2D eigenvalue weighted by molar-refractivity contribution is 5.95. The molecule has 19 heavy (non-hydrogen) atoms. The molecule has 0 bridgehead atoms. The molecule has 5 heteroatoms. The van der Waals surface area contributed by atoms with Crippen molar-refractivity contribution in [2.75, 3.05) is 14.2 Å². The Hall–Kier alpha value is -2.43. The number of rotatable bonds is 5. The summed E-state index contributed by atoms with van der Waals surface area (Å²) in [4.78, 5) is 19.9. The molecule has 0 unspecified atom stereocenters. The van der Waals surface area contributed by atoms with Crippen molar-refractivity contribution in [1.29, 1.82) is 0 Å². The van der Waals surface area contributed by atoms with Crippen molar-refractivity contribution < 1.29 is 14.3 Å². The van der Waals surface area contributed by atoms with Gasteiger partial charge in [0.1, 0.15) is 17.8 Å². The van der Waals surface area contributed by atoms with E-state index in [0.29, 0.717) is 11.6 Å². The van der Waals surface area contributed by atoms with Crippen molar-refractivity contribution in [1.82, 2.24) is 9.97 Å². The Bertz CT molecular complexity index is 584. The maximum absolute atomic E-state index is 12.1. The minimum absolute atomic E-state index is 0.0889. The topological polar surface area (TPSA) is 61.3 Å². The van der Waals surface area contributed by atoms with Crippen LogP contribution in [-0.4, -0.2) is 30.0 Å². The van der Waals surface area contributed by atoms with Gasteiger partial charge in [-0.3, -0.25) is 4.79 Å². The molecule has 5 nitrogen and oxygen atoms in total. The number of ketones is 1. The number of aromatic nitrogens is 2. The minimum atomic E-state index is -0.0889. The fraction of sp³-hybridized carbons (Fsp3) is 0.214. The Morgan fingerprint density at radius 1 is 1.16 bits per heavy atom. The molecule has 0 aliphatic rings. The fourth-order valence-electron chi connectivity index (χ4n) is 1.66. The fourth-order valence-corrected chi connectivity index (χ4v) is 1.66. The van der Waals surface area contributed by atoms with Gasteiger partial charge in [0.25, 0.3) is 0 Å². The summed E-state index contributed by atoms with van der Waals surface area (Å²) in [5.41, 5.74) is 1.22. The molecule has 0 amide bonds. The Labute approximate surface area is 111 Å². The maximum atomic E-state index is 12.1. The van der Waals surface area contributed by atoms with Crippen LogP contribution in [0.3, 0.4) is 0 Å². The van der Waals surface area contributed by atoms with Gasteiger partial charge in [0.2, 0.25) is 5.88 Å². The highest BCUT2D eigenvalue weighted by atomic mass is 16.5. The van der Waals surface area contributed by atoms with Crippen molar-refractivity contribution in [3.8, 4) is 11.6 Å². The Kier molecular flexibility index (Phi) is 4.07. The number of hydrogen-bond donors (Lipinski definition) is 0. The van der Waals surface area contributed by atoms with Crippen molar-refractivity contribution in [3.05, 3.63) is 47.9 Å². The van der Waals surface area contributed by atoms with E-state index in [1.54, 1.807) is 7.11 Å². The van der Waals surface area contributed by atoms with E-state index in [4.69, 9.17) is 9.47 Å². The number of carbonyl (C=O) groups is 1. The molecule has 0 fully saturated rings. The zero-order chi connectivity index (χ0) is 13.7. The summed E-state index contributed by atoms with van der Waals surface area (Å²) in [6.07, 6.45) is 1.58. The van der Waals surface area contributed by atoms with Crippen LogP contribution in [0.25, 0.3) is 0 Å². The van der Waals surface area contributed by atoms with Gasteiger partial charge in [-0.15, -0.1) is 0 Å². The number of carbonyl (C=O) groups excluding carboxylic acids is 1. The normalized spacial score (nSPS) is 10.0. The van der Waals surface area contributed by atoms with Crippen molar-refractivity contribution in [2.24, 2.45) is 0 Å². The van der Waals surface area contributed by atoms with Gasteiger partial charge in [-0.25, -0.2) is 9.97 Å². The number of methoxy groups -OCH3 is 2. The zero-order valence-corrected chi connectivity index (χ0v) is 10.8. The summed E-state index contributed by atoms with van der Waals surface area (Å²) < 4.78 is 10.1. The standard InChI is InChI=1S/C14H14N2O3/c1-18-11-5-3-4-10(6-11)7-13(17)12-8-14(19-2)16-9-15-12/h3-6,8-9H,7H2,1-2H3. The lowest BCUT2D eigenvalue weighted by molar-refractivity contribution is 0.0987. The second kappa shape index (κ2) is 5.95. The van der Waals surface area contributed by atoms with Crippen LogP contribution >= 0.6 is 0 Å². The van der Waals surface area contributed by atoms with E-state index in [-0.39, 0.29) is 12.2 Å². The number of ether oxygens (including phenoxy) is 2. The van der Waals surface area contributed by atoms with E-state index in [2.05, 4.69) is 9.97 Å². The van der Waals surface area contributed by atoms with Gasteiger partial charge < -0.3 is 9.47 Å². The SMILES string of the molecule is COc1cccc(CC(=O)c2cc(OC)ncn2)c1. The predicted molar refractivity (Wildman–Crippen MR) is 69.6 cm³/mol. The quantitative estimate of drug-likeness (QED) is 0.767. The van der Waals surface area contributed by atoms with Gasteiger partial charge >= 0.3 is 0 Å². The van der Waals surface area contributed by atoms with Crippen molar-refractivity contribution >= 4 is 5.78 Å². The molecular formula is C14H14N2O3. The number of nitrogens with zero attached hydrogens (tertiary/aromatic N) is 2. The van der Waals surface area contributed by atoms with Gasteiger partial charge in [-0.05, 0) is 17.7 Å². The molecule has 0 aliphatic carbocycles. The van der Waals surface area contributed by atoms with Crippen molar-refractivity contribution in [2.45, 2.75) is 6.42 Å². The third-order valence-electron chi connectivity index (χ3n) is 2.64. The van der Waals surface area contributed by atoms with Crippen LogP contribution in [0.4, 0.5) is 0 Å². The molecular weight excluding hydrogens is 244 g/mol. The van der Waals surface area contributed by atoms with Crippen LogP contribution in [0.1, 0.15) is 16.1 Å². The predicted octanol–water partition coefficient (Wildman–Crippen LogP) is 1.92. The molecule has 0 saturated carbocycles. The van der Waals surface area contributed by atoms with E-state index >= 15 is 0 Å². The molecule has 1 heterocycles. The van der Waals surface area contributed by atoms with E-state index in [1.807, 2.05) is 24.3 Å². The first-order valence-electron chi connectivity index (χ1n) is 5.75. The van der Waals surface area contributed by atoms with Crippen LogP contribution in [0.15, 0.2) is 36.7 Å². The van der Waals surface area contributed by atoms with Gasteiger partial charge in [-0.1, -0.05) is 12.1 Å². The molecule has 2 aromatic rings.